The summed E-state index contributed by atoms with van der Waals surface area (Å²) in [6, 6.07) is 4.08. The van der Waals surface area contributed by atoms with Crippen LogP contribution >= 0.6 is 0 Å². The topological polar surface area (TPSA) is 77.9 Å². The minimum Gasteiger partial charge on any atom is -0.388 e. The van der Waals surface area contributed by atoms with Gasteiger partial charge < -0.3 is 10.0 Å². The van der Waals surface area contributed by atoms with Gasteiger partial charge in [0.25, 0.3) is 0 Å². The highest BCUT2D eigenvalue weighted by atomic mass is 32.2. The summed E-state index contributed by atoms with van der Waals surface area (Å²) in [5, 5.41) is 10.0. The summed E-state index contributed by atoms with van der Waals surface area (Å²) >= 11 is 0. The first kappa shape index (κ1) is 17.3. The first-order valence-electron chi connectivity index (χ1n) is 8.01. The molecule has 0 aliphatic carbocycles. The van der Waals surface area contributed by atoms with Gasteiger partial charge in [-0.25, -0.2) is 17.1 Å². The molecule has 0 saturated carbocycles. The maximum Gasteiger partial charge on any atom is 0.230 e. The van der Waals surface area contributed by atoms with Gasteiger partial charge in [-0.2, -0.15) is 0 Å². The number of carbonyl (C=O) groups excluding carboxylic acids is 1. The third-order valence-electron chi connectivity index (χ3n) is 4.80. The lowest BCUT2D eigenvalue weighted by molar-refractivity contribution is -0.123. The summed E-state index contributed by atoms with van der Waals surface area (Å²) in [5.74, 6) is -0.775. The van der Waals surface area contributed by atoms with Crippen LogP contribution in [0, 0.1) is 11.7 Å². The van der Waals surface area contributed by atoms with Crippen LogP contribution in [0.25, 0.3) is 0 Å². The quantitative estimate of drug-likeness (QED) is 0.866. The smallest absolute Gasteiger partial charge is 0.230 e. The number of sulfonamides is 1. The van der Waals surface area contributed by atoms with Crippen molar-refractivity contribution in [3.63, 3.8) is 0 Å². The number of hydrogen-bond acceptors (Lipinski definition) is 4. The molecule has 1 amide bonds. The molecule has 1 aromatic rings. The minimum atomic E-state index is -3.23. The summed E-state index contributed by atoms with van der Waals surface area (Å²) in [4.78, 5) is 14.4. The van der Waals surface area contributed by atoms with E-state index >= 15 is 0 Å². The molecule has 0 spiro atoms. The molecule has 1 saturated heterocycles. The van der Waals surface area contributed by atoms with Crippen LogP contribution in [0.3, 0.4) is 0 Å². The number of aliphatic hydroxyl groups is 1. The van der Waals surface area contributed by atoms with E-state index < -0.39 is 21.9 Å². The number of aliphatic hydroxyl groups excluding tert-OH is 1. The number of halogens is 1. The molecule has 0 aromatic heterocycles. The number of rotatable bonds is 2. The zero-order valence-electron chi connectivity index (χ0n) is 13.5. The van der Waals surface area contributed by atoms with Gasteiger partial charge in [0.2, 0.25) is 15.9 Å². The van der Waals surface area contributed by atoms with E-state index in [1.807, 2.05) is 0 Å². The molecule has 132 valence electrons. The number of hydrogen-bond donors (Lipinski definition) is 1. The number of fused-ring (bicyclic) bond motifs is 1. The van der Waals surface area contributed by atoms with Crippen molar-refractivity contribution in [3.8, 4) is 0 Å². The third-order valence-corrected chi connectivity index (χ3v) is 6.11. The molecule has 1 atom stereocenters. The molecule has 2 heterocycles. The van der Waals surface area contributed by atoms with E-state index in [9.17, 15) is 22.7 Å². The molecule has 2 aliphatic rings. The number of piperidine rings is 1. The van der Waals surface area contributed by atoms with E-state index in [0.29, 0.717) is 50.1 Å². The molecule has 24 heavy (non-hydrogen) atoms. The summed E-state index contributed by atoms with van der Waals surface area (Å²) in [7, 11) is -3.23. The third kappa shape index (κ3) is 3.31. The van der Waals surface area contributed by atoms with Crippen LogP contribution in [0.5, 0.6) is 0 Å². The predicted molar refractivity (Wildman–Crippen MR) is 87.5 cm³/mol. The Morgan fingerprint density at radius 1 is 1.21 bits per heavy atom. The van der Waals surface area contributed by atoms with Crippen molar-refractivity contribution in [2.45, 2.75) is 25.4 Å². The molecule has 0 bridgehead atoms. The summed E-state index contributed by atoms with van der Waals surface area (Å²) < 4.78 is 37.9. The van der Waals surface area contributed by atoms with E-state index in [1.165, 1.54) is 28.8 Å². The fourth-order valence-electron chi connectivity index (χ4n) is 3.45. The van der Waals surface area contributed by atoms with Crippen molar-refractivity contribution in [2.75, 3.05) is 30.8 Å². The van der Waals surface area contributed by atoms with Crippen LogP contribution in [0.15, 0.2) is 18.2 Å². The lowest BCUT2D eigenvalue weighted by Gasteiger charge is -2.37. The molecular formula is C16H21FN2O4S. The second-order valence-corrected chi connectivity index (χ2v) is 8.42. The Balaban J connectivity index is 1.76. The first-order chi connectivity index (χ1) is 11.3. The fraction of sp³-hybridized carbons (Fsp3) is 0.562. The summed E-state index contributed by atoms with van der Waals surface area (Å²) in [5.41, 5.74) is 0.980. The number of anilines is 1. The van der Waals surface area contributed by atoms with Gasteiger partial charge in [0.1, 0.15) is 5.82 Å². The Morgan fingerprint density at radius 2 is 1.88 bits per heavy atom. The molecule has 0 radical (unpaired) electrons. The van der Waals surface area contributed by atoms with E-state index in [-0.39, 0.29) is 11.8 Å². The van der Waals surface area contributed by atoms with E-state index in [1.54, 1.807) is 4.90 Å². The Hall–Kier alpha value is -1.51. The van der Waals surface area contributed by atoms with Crippen molar-refractivity contribution in [1.82, 2.24) is 4.31 Å². The molecule has 2 aliphatic heterocycles. The standard InChI is InChI=1S/C16H21FN2O4S/c1-24(22,23)18-7-4-11(5-8-18)16(21)19-9-6-15(20)13-10-12(17)2-3-14(13)19/h2-3,10-11,15,20H,4-9H2,1H3. The van der Waals surface area contributed by atoms with Gasteiger partial charge in [0, 0.05) is 36.8 Å². The van der Waals surface area contributed by atoms with Gasteiger partial charge in [0.15, 0.2) is 0 Å². The van der Waals surface area contributed by atoms with Gasteiger partial charge in [-0.15, -0.1) is 0 Å². The Labute approximate surface area is 140 Å². The second-order valence-electron chi connectivity index (χ2n) is 6.43. The zero-order valence-corrected chi connectivity index (χ0v) is 14.3. The maximum atomic E-state index is 13.4. The Kier molecular flexibility index (Phi) is 4.63. The highest BCUT2D eigenvalue weighted by molar-refractivity contribution is 7.88. The van der Waals surface area contributed by atoms with Crippen molar-refractivity contribution in [3.05, 3.63) is 29.6 Å². The van der Waals surface area contributed by atoms with E-state index in [0.717, 1.165) is 0 Å². The zero-order chi connectivity index (χ0) is 17.5. The monoisotopic (exact) mass is 356 g/mol. The van der Waals surface area contributed by atoms with Crippen LogP contribution in [-0.4, -0.2) is 49.6 Å². The number of amides is 1. The van der Waals surface area contributed by atoms with Crippen LogP contribution < -0.4 is 4.90 Å². The normalized spacial score (nSPS) is 23.1. The molecule has 1 N–H and O–H groups in total. The van der Waals surface area contributed by atoms with Crippen molar-refractivity contribution < 1.29 is 22.7 Å². The van der Waals surface area contributed by atoms with Gasteiger partial charge in [-0.1, -0.05) is 0 Å². The maximum absolute atomic E-state index is 13.4. The lowest BCUT2D eigenvalue weighted by atomic mass is 9.93. The first-order valence-corrected chi connectivity index (χ1v) is 9.86. The highest BCUT2D eigenvalue weighted by Gasteiger charge is 2.35. The van der Waals surface area contributed by atoms with E-state index in [2.05, 4.69) is 0 Å². The van der Waals surface area contributed by atoms with Gasteiger partial charge in [-0.3, -0.25) is 4.79 Å². The predicted octanol–water partition coefficient (Wildman–Crippen LogP) is 1.27. The second kappa shape index (κ2) is 6.42. The van der Waals surface area contributed by atoms with Crippen LogP contribution in [-0.2, 0) is 14.8 Å². The van der Waals surface area contributed by atoms with Crippen molar-refractivity contribution in [1.29, 1.82) is 0 Å². The molecular weight excluding hydrogens is 335 g/mol. The van der Waals surface area contributed by atoms with Crippen LogP contribution in [0.4, 0.5) is 10.1 Å². The van der Waals surface area contributed by atoms with Gasteiger partial charge in [0.05, 0.1) is 12.4 Å². The summed E-state index contributed by atoms with van der Waals surface area (Å²) in [6.45, 7) is 1.05. The molecule has 8 heteroatoms. The van der Waals surface area contributed by atoms with E-state index in [4.69, 9.17) is 0 Å². The van der Waals surface area contributed by atoms with Crippen molar-refractivity contribution in [2.24, 2.45) is 5.92 Å². The molecule has 1 unspecified atom stereocenters. The fourth-order valence-corrected chi connectivity index (χ4v) is 4.32. The average molecular weight is 356 g/mol. The molecule has 6 nitrogen and oxygen atoms in total. The highest BCUT2D eigenvalue weighted by Crippen LogP contribution is 2.36. The van der Waals surface area contributed by atoms with Crippen molar-refractivity contribution >= 4 is 21.6 Å². The Bertz CT molecular complexity index is 744. The average Bonchev–Trinajstić information content (AvgIpc) is 2.54. The molecule has 1 aromatic carbocycles. The Morgan fingerprint density at radius 3 is 2.50 bits per heavy atom. The van der Waals surface area contributed by atoms with Gasteiger partial charge in [-0.05, 0) is 37.5 Å². The largest absolute Gasteiger partial charge is 0.388 e. The van der Waals surface area contributed by atoms with Crippen LogP contribution in [0.2, 0.25) is 0 Å². The molecule has 3 rings (SSSR count). The lowest BCUT2D eigenvalue weighted by Crippen LogP contribution is -2.46. The molecule has 1 fully saturated rings. The van der Waals surface area contributed by atoms with Crippen LogP contribution in [0.1, 0.15) is 30.9 Å². The SMILES string of the molecule is CS(=O)(=O)N1CCC(C(=O)N2CCC(O)c3cc(F)ccc32)CC1. The van der Waals surface area contributed by atoms with Gasteiger partial charge >= 0.3 is 0 Å². The number of carbonyl (C=O) groups is 1. The number of nitrogens with zero attached hydrogens (tertiary/aromatic N) is 2. The summed E-state index contributed by atoms with van der Waals surface area (Å²) in [6.07, 6.45) is 1.71. The minimum absolute atomic E-state index is 0.0806. The number of benzene rings is 1.